The van der Waals surface area contributed by atoms with Crippen molar-refractivity contribution >= 4 is 68.2 Å². The van der Waals surface area contributed by atoms with Crippen LogP contribution in [0.2, 0.25) is 5.02 Å². The summed E-state index contributed by atoms with van der Waals surface area (Å²) in [5, 5.41) is 8.10. The summed E-state index contributed by atoms with van der Waals surface area (Å²) < 4.78 is 57.0. The zero-order valence-corrected chi connectivity index (χ0v) is 32.5. The molecule has 3 N–H and O–H groups in total. The van der Waals surface area contributed by atoms with Crippen LogP contribution < -0.4 is 30.1 Å². The predicted molar refractivity (Wildman–Crippen MR) is 210 cm³/mol. The van der Waals surface area contributed by atoms with Gasteiger partial charge >= 0.3 is 6.03 Å². The number of pyridine rings is 1. The Labute approximate surface area is 309 Å². The molecule has 52 heavy (non-hydrogen) atoms. The first-order valence-electron chi connectivity index (χ1n) is 16.4. The van der Waals surface area contributed by atoms with E-state index in [-0.39, 0.29) is 16.9 Å². The van der Waals surface area contributed by atoms with Crippen LogP contribution in [-0.2, 0) is 30.9 Å². The van der Waals surface area contributed by atoms with Gasteiger partial charge in [0.1, 0.15) is 11.5 Å². The van der Waals surface area contributed by atoms with Crippen molar-refractivity contribution in [2.24, 2.45) is 0 Å². The van der Waals surface area contributed by atoms with E-state index in [1.165, 1.54) is 7.11 Å². The molecule has 1 heterocycles. The molecule has 274 valence electrons. The van der Waals surface area contributed by atoms with Crippen LogP contribution in [0.25, 0.3) is 10.8 Å². The number of amides is 2. The minimum absolute atomic E-state index is 0.173. The summed E-state index contributed by atoms with van der Waals surface area (Å²) >= 11 is 6.50. The Bertz CT molecular complexity index is 2290. The highest BCUT2D eigenvalue weighted by Crippen LogP contribution is 2.44. The molecule has 0 aliphatic carbocycles. The number of sulfonamides is 1. The van der Waals surface area contributed by atoms with Crippen LogP contribution in [0.5, 0.6) is 17.2 Å². The molecule has 0 bridgehead atoms. The number of nitrogens with one attached hydrogen (secondary N) is 3. The Balaban J connectivity index is 1.37. The van der Waals surface area contributed by atoms with Crippen molar-refractivity contribution < 1.29 is 31.8 Å². The molecule has 1 unspecified atom stereocenters. The van der Waals surface area contributed by atoms with Gasteiger partial charge in [-0.2, -0.15) is 0 Å². The molecule has 1 atom stereocenters. The maximum atomic E-state index is 13.4. The number of rotatable bonds is 12. The van der Waals surface area contributed by atoms with Crippen LogP contribution in [0.15, 0.2) is 85.1 Å². The molecule has 5 rings (SSSR count). The van der Waals surface area contributed by atoms with Gasteiger partial charge in [0.2, 0.25) is 17.4 Å². The molecular formula is C38H42ClN4O7PS. The number of carbonyl (C=O) groups excluding carboxylic acids is 1. The van der Waals surface area contributed by atoms with Crippen LogP contribution >= 0.6 is 19.0 Å². The maximum Gasteiger partial charge on any atom is 0.323 e. The molecule has 0 fully saturated rings. The van der Waals surface area contributed by atoms with Crippen molar-refractivity contribution in [2.75, 3.05) is 42.0 Å². The monoisotopic (exact) mass is 764 g/mol. The van der Waals surface area contributed by atoms with Crippen molar-refractivity contribution in [2.45, 2.75) is 39.5 Å². The minimum atomic E-state index is -3.63. The summed E-state index contributed by atoms with van der Waals surface area (Å²) in [6.45, 7) is 9.62. The molecule has 4 aromatic carbocycles. The summed E-state index contributed by atoms with van der Waals surface area (Å²) in [5.41, 5.74) is 3.09. The number of methoxy groups -OCH3 is 1. The first-order valence-corrected chi connectivity index (χ1v) is 20.8. The van der Waals surface area contributed by atoms with Crippen LogP contribution in [0.1, 0.15) is 44.5 Å². The predicted octanol–water partition coefficient (Wildman–Crippen LogP) is 9.16. The van der Waals surface area contributed by atoms with Crippen LogP contribution in [0.4, 0.5) is 21.9 Å². The average molecular weight is 765 g/mol. The van der Waals surface area contributed by atoms with Gasteiger partial charge in [-0.25, -0.2) is 13.2 Å². The zero-order chi connectivity index (χ0) is 37.8. The number of aromatic nitrogens is 1. The van der Waals surface area contributed by atoms with Gasteiger partial charge in [-0.3, -0.25) is 14.3 Å². The molecule has 0 radical (unpaired) electrons. The summed E-state index contributed by atoms with van der Waals surface area (Å²) in [4.78, 5) is 18.0. The number of benzene rings is 4. The lowest BCUT2D eigenvalue weighted by atomic mass is 9.86. The SMILES string of the molecule is CCOP(C)(=O)c1ccc(Cc2cc(Oc3ccc(NC(=O)Nc4cc(C(C)(C)C)cc(NS(C)(=O)=O)c4OC)c4ccccc34)ccn2)cc1Cl. The quantitative estimate of drug-likeness (QED) is 0.107. The fourth-order valence-corrected chi connectivity index (χ4v) is 8.30. The highest BCUT2D eigenvalue weighted by Gasteiger charge is 2.24. The summed E-state index contributed by atoms with van der Waals surface area (Å²) in [7, 11) is -5.25. The highest BCUT2D eigenvalue weighted by molar-refractivity contribution is 7.92. The number of hydrogen-bond acceptors (Lipinski definition) is 8. The molecule has 0 saturated heterocycles. The first kappa shape index (κ1) is 38.6. The average Bonchev–Trinajstić information content (AvgIpc) is 3.05. The summed E-state index contributed by atoms with van der Waals surface area (Å²) in [6.07, 6.45) is 3.18. The lowest BCUT2D eigenvalue weighted by molar-refractivity contribution is 0.262. The van der Waals surface area contributed by atoms with E-state index in [0.29, 0.717) is 46.2 Å². The third kappa shape index (κ3) is 9.43. The van der Waals surface area contributed by atoms with Crippen LogP contribution in [0, 0.1) is 0 Å². The molecule has 1 aromatic heterocycles. The molecule has 5 aromatic rings. The van der Waals surface area contributed by atoms with Gasteiger partial charge in [-0.1, -0.05) is 62.7 Å². The van der Waals surface area contributed by atoms with E-state index in [1.807, 2.05) is 57.2 Å². The van der Waals surface area contributed by atoms with Gasteiger partial charge in [0.25, 0.3) is 0 Å². The van der Waals surface area contributed by atoms with Crippen LogP contribution in [0.3, 0.4) is 0 Å². The third-order valence-corrected chi connectivity index (χ3v) is 11.1. The van der Waals surface area contributed by atoms with Crippen molar-refractivity contribution in [3.05, 3.63) is 107 Å². The van der Waals surface area contributed by atoms with Crippen molar-refractivity contribution in [3.8, 4) is 17.2 Å². The maximum absolute atomic E-state index is 13.4. The number of fused-ring (bicyclic) bond motifs is 1. The zero-order valence-electron chi connectivity index (χ0n) is 30.0. The van der Waals surface area contributed by atoms with Crippen LogP contribution in [-0.4, -0.2) is 46.1 Å². The molecular weight excluding hydrogens is 723 g/mol. The molecule has 2 amide bonds. The van der Waals surface area contributed by atoms with Crippen molar-refractivity contribution in [1.29, 1.82) is 0 Å². The van der Waals surface area contributed by atoms with Gasteiger partial charge in [0.15, 0.2) is 5.75 Å². The topological polar surface area (TPSA) is 145 Å². The van der Waals surface area contributed by atoms with Crippen molar-refractivity contribution in [1.82, 2.24) is 4.98 Å². The smallest absolute Gasteiger partial charge is 0.323 e. The number of halogens is 1. The molecule has 0 spiro atoms. The van der Waals surface area contributed by atoms with E-state index in [4.69, 9.17) is 25.6 Å². The molecule has 11 nitrogen and oxygen atoms in total. The standard InChI is InChI=1S/C38H42ClN4O7PS/c1-8-49-51(6,45)35-16-13-24(20-30(35)39)19-26-23-27(17-18-40-26)50-34-15-14-31(28-11-9-10-12-29(28)34)41-37(44)42-32-21-25(38(2,3)4)22-33(36(32)48-5)43-52(7,46)47/h9-18,20-23,43H,8,19H2,1-7H3,(H2,41,42,44). The third-order valence-electron chi connectivity index (χ3n) is 8.06. The second kappa shape index (κ2) is 15.6. The molecule has 0 aliphatic heterocycles. The number of nitrogens with zero attached hydrogens (tertiary/aromatic N) is 1. The van der Waals surface area contributed by atoms with E-state index in [2.05, 4.69) is 20.3 Å². The largest absolute Gasteiger partial charge is 0.492 e. The number of carbonyl (C=O) groups is 1. The summed E-state index contributed by atoms with van der Waals surface area (Å²) in [6, 6.07) is 22.9. The van der Waals surface area contributed by atoms with Gasteiger partial charge < -0.3 is 24.6 Å². The normalized spacial score (nSPS) is 12.9. The number of ether oxygens (including phenoxy) is 2. The molecule has 14 heteroatoms. The Kier molecular flexibility index (Phi) is 11.6. The van der Waals surface area contributed by atoms with Gasteiger partial charge in [0, 0.05) is 41.8 Å². The number of urea groups is 1. The Hall–Kier alpha value is -4.61. The van der Waals surface area contributed by atoms with E-state index in [1.54, 1.807) is 62.2 Å². The second-order valence-corrected chi connectivity index (χ2v) is 17.9. The first-order chi connectivity index (χ1) is 24.5. The van der Waals surface area contributed by atoms with E-state index < -0.39 is 23.4 Å². The number of hydrogen-bond donors (Lipinski definition) is 3. The lowest BCUT2D eigenvalue weighted by Crippen LogP contribution is -2.22. The van der Waals surface area contributed by atoms with E-state index in [9.17, 15) is 17.8 Å². The number of anilines is 3. The van der Waals surface area contributed by atoms with E-state index >= 15 is 0 Å². The van der Waals surface area contributed by atoms with Gasteiger partial charge in [-0.05, 0) is 65.9 Å². The highest BCUT2D eigenvalue weighted by atomic mass is 35.5. The van der Waals surface area contributed by atoms with Gasteiger partial charge in [-0.15, -0.1) is 0 Å². The minimum Gasteiger partial charge on any atom is -0.492 e. The molecule has 0 aliphatic rings. The van der Waals surface area contributed by atoms with E-state index in [0.717, 1.165) is 33.8 Å². The Morgan fingerprint density at radius 3 is 2.27 bits per heavy atom. The summed E-state index contributed by atoms with van der Waals surface area (Å²) in [5.74, 6) is 1.30. The Morgan fingerprint density at radius 1 is 0.923 bits per heavy atom. The Morgan fingerprint density at radius 2 is 1.62 bits per heavy atom. The molecule has 0 saturated carbocycles. The van der Waals surface area contributed by atoms with Crippen molar-refractivity contribution in [3.63, 3.8) is 0 Å². The fraction of sp³-hybridized carbons (Fsp3) is 0.263. The van der Waals surface area contributed by atoms with Gasteiger partial charge in [0.05, 0.1) is 47.4 Å². The lowest BCUT2D eigenvalue weighted by Gasteiger charge is -2.24. The fourth-order valence-electron chi connectivity index (χ4n) is 5.65. The second-order valence-electron chi connectivity index (χ2n) is 13.3.